The highest BCUT2D eigenvalue weighted by atomic mass is 16.5. The van der Waals surface area contributed by atoms with Crippen molar-refractivity contribution in [3.63, 3.8) is 0 Å². The molecule has 0 aliphatic carbocycles. The Bertz CT molecular complexity index is 577. The minimum Gasteiger partial charge on any atom is -0.497 e. The summed E-state index contributed by atoms with van der Waals surface area (Å²) in [6.45, 7) is 7.40. The molecule has 1 atom stereocenters. The number of benzene rings is 2. The molecule has 0 saturated carbocycles. The van der Waals surface area contributed by atoms with Crippen molar-refractivity contribution in [1.29, 1.82) is 0 Å². The Labute approximate surface area is 121 Å². The predicted molar refractivity (Wildman–Crippen MR) is 84.2 cm³/mol. The van der Waals surface area contributed by atoms with Crippen molar-refractivity contribution in [2.75, 3.05) is 7.11 Å². The number of hydrogen-bond acceptors (Lipinski definition) is 2. The van der Waals surface area contributed by atoms with Crippen LogP contribution in [-0.2, 0) is 6.54 Å². The third kappa shape index (κ3) is 3.40. The molecule has 0 bridgehead atoms. The standard InChI is InChI=1S/C18H23NO/c1-13-7-5-9-17(14(13)2)12-19-15(3)16-8-6-10-18(11-16)20-4/h5-11,15,19H,12H2,1-4H3/t15-/m0/s1. The first-order valence-corrected chi connectivity index (χ1v) is 7.04. The molecule has 2 heteroatoms. The highest BCUT2D eigenvalue weighted by molar-refractivity contribution is 5.34. The summed E-state index contributed by atoms with van der Waals surface area (Å²) in [6.07, 6.45) is 0. The van der Waals surface area contributed by atoms with Crippen LogP contribution in [0, 0.1) is 13.8 Å². The topological polar surface area (TPSA) is 21.3 Å². The van der Waals surface area contributed by atoms with Gasteiger partial charge in [-0.1, -0.05) is 30.3 Å². The van der Waals surface area contributed by atoms with Crippen LogP contribution in [0.4, 0.5) is 0 Å². The fraction of sp³-hybridized carbons (Fsp3) is 0.333. The first-order valence-electron chi connectivity index (χ1n) is 7.04. The summed E-state index contributed by atoms with van der Waals surface area (Å²) in [4.78, 5) is 0. The van der Waals surface area contributed by atoms with Crippen LogP contribution in [0.3, 0.4) is 0 Å². The quantitative estimate of drug-likeness (QED) is 0.880. The molecule has 0 saturated heterocycles. The molecule has 0 aromatic heterocycles. The number of rotatable bonds is 5. The smallest absolute Gasteiger partial charge is 0.119 e. The maximum Gasteiger partial charge on any atom is 0.119 e. The van der Waals surface area contributed by atoms with Crippen molar-refractivity contribution in [2.45, 2.75) is 33.4 Å². The minimum absolute atomic E-state index is 0.296. The van der Waals surface area contributed by atoms with Gasteiger partial charge < -0.3 is 10.1 Å². The molecule has 0 aliphatic heterocycles. The number of aryl methyl sites for hydroxylation is 1. The van der Waals surface area contributed by atoms with Gasteiger partial charge in [-0.25, -0.2) is 0 Å². The second kappa shape index (κ2) is 6.58. The van der Waals surface area contributed by atoms with E-state index in [1.54, 1.807) is 7.11 Å². The van der Waals surface area contributed by atoms with Gasteiger partial charge in [-0.3, -0.25) is 0 Å². The Hall–Kier alpha value is -1.80. The molecule has 2 aromatic rings. The van der Waals surface area contributed by atoms with Gasteiger partial charge in [-0.15, -0.1) is 0 Å². The molecule has 0 heterocycles. The van der Waals surface area contributed by atoms with Crippen LogP contribution >= 0.6 is 0 Å². The second-order valence-corrected chi connectivity index (χ2v) is 5.24. The van der Waals surface area contributed by atoms with Crippen molar-refractivity contribution in [3.05, 3.63) is 64.7 Å². The van der Waals surface area contributed by atoms with E-state index in [-0.39, 0.29) is 0 Å². The molecular weight excluding hydrogens is 246 g/mol. The molecule has 0 amide bonds. The van der Waals surface area contributed by atoms with Crippen LogP contribution in [0.5, 0.6) is 5.75 Å². The average molecular weight is 269 g/mol. The van der Waals surface area contributed by atoms with Crippen LogP contribution in [0.15, 0.2) is 42.5 Å². The lowest BCUT2D eigenvalue weighted by Gasteiger charge is -2.16. The molecule has 0 radical (unpaired) electrons. The third-order valence-electron chi connectivity index (χ3n) is 3.91. The van der Waals surface area contributed by atoms with E-state index in [1.807, 2.05) is 12.1 Å². The molecule has 106 valence electrons. The van der Waals surface area contributed by atoms with Crippen LogP contribution in [0.1, 0.15) is 35.2 Å². The summed E-state index contributed by atoms with van der Waals surface area (Å²) in [5.74, 6) is 0.905. The molecule has 2 aromatic carbocycles. The molecule has 0 spiro atoms. The number of nitrogens with one attached hydrogen (secondary N) is 1. The number of methoxy groups -OCH3 is 1. The lowest BCUT2D eigenvalue weighted by molar-refractivity contribution is 0.413. The van der Waals surface area contributed by atoms with Gasteiger partial charge in [0.25, 0.3) is 0 Å². The molecule has 2 nitrogen and oxygen atoms in total. The fourth-order valence-electron chi connectivity index (χ4n) is 2.30. The van der Waals surface area contributed by atoms with Gasteiger partial charge in [0.2, 0.25) is 0 Å². The van der Waals surface area contributed by atoms with Gasteiger partial charge in [-0.05, 0) is 55.2 Å². The average Bonchev–Trinajstić information content (AvgIpc) is 2.48. The van der Waals surface area contributed by atoms with Gasteiger partial charge >= 0.3 is 0 Å². The summed E-state index contributed by atoms with van der Waals surface area (Å²) in [6, 6.07) is 15.0. The maximum absolute atomic E-state index is 5.27. The van der Waals surface area contributed by atoms with Gasteiger partial charge in [0, 0.05) is 12.6 Å². The van der Waals surface area contributed by atoms with Gasteiger partial charge in [0.05, 0.1) is 7.11 Å². The Balaban J connectivity index is 2.04. The Morgan fingerprint density at radius 2 is 1.85 bits per heavy atom. The second-order valence-electron chi connectivity index (χ2n) is 5.24. The third-order valence-corrected chi connectivity index (χ3v) is 3.91. The zero-order valence-corrected chi connectivity index (χ0v) is 12.7. The minimum atomic E-state index is 0.296. The number of ether oxygens (including phenoxy) is 1. The lowest BCUT2D eigenvalue weighted by Crippen LogP contribution is -2.18. The van der Waals surface area contributed by atoms with E-state index in [9.17, 15) is 0 Å². The van der Waals surface area contributed by atoms with Gasteiger partial charge in [0.1, 0.15) is 5.75 Å². The van der Waals surface area contributed by atoms with E-state index in [0.29, 0.717) is 6.04 Å². The molecule has 0 unspecified atom stereocenters. The fourth-order valence-corrected chi connectivity index (χ4v) is 2.30. The largest absolute Gasteiger partial charge is 0.497 e. The van der Waals surface area contributed by atoms with E-state index >= 15 is 0 Å². The highest BCUT2D eigenvalue weighted by Gasteiger charge is 2.07. The summed E-state index contributed by atoms with van der Waals surface area (Å²) in [5, 5.41) is 3.58. The van der Waals surface area contributed by atoms with E-state index in [4.69, 9.17) is 4.74 Å². The summed E-state index contributed by atoms with van der Waals surface area (Å²) in [7, 11) is 1.70. The molecule has 0 fully saturated rings. The predicted octanol–water partition coefficient (Wildman–Crippen LogP) is 4.16. The Kier molecular flexibility index (Phi) is 4.80. The highest BCUT2D eigenvalue weighted by Crippen LogP contribution is 2.20. The normalized spacial score (nSPS) is 12.2. The van der Waals surface area contributed by atoms with Gasteiger partial charge in [-0.2, -0.15) is 0 Å². The first kappa shape index (κ1) is 14.6. The molecule has 1 N–H and O–H groups in total. The van der Waals surface area contributed by atoms with Gasteiger partial charge in [0.15, 0.2) is 0 Å². The lowest BCUT2D eigenvalue weighted by atomic mass is 10.0. The molecule has 0 aliphatic rings. The Morgan fingerprint density at radius 1 is 1.10 bits per heavy atom. The van der Waals surface area contributed by atoms with Crippen LogP contribution < -0.4 is 10.1 Å². The van der Waals surface area contributed by atoms with E-state index in [0.717, 1.165) is 12.3 Å². The van der Waals surface area contributed by atoms with Crippen LogP contribution in [0.25, 0.3) is 0 Å². The molecular formula is C18H23NO. The van der Waals surface area contributed by atoms with Crippen molar-refractivity contribution < 1.29 is 4.74 Å². The molecule has 20 heavy (non-hydrogen) atoms. The van der Waals surface area contributed by atoms with Crippen molar-refractivity contribution in [3.8, 4) is 5.75 Å². The monoisotopic (exact) mass is 269 g/mol. The van der Waals surface area contributed by atoms with E-state index in [1.165, 1.54) is 22.3 Å². The summed E-state index contributed by atoms with van der Waals surface area (Å²) < 4.78 is 5.27. The summed E-state index contributed by atoms with van der Waals surface area (Å²) >= 11 is 0. The van der Waals surface area contributed by atoms with Crippen LogP contribution in [-0.4, -0.2) is 7.11 Å². The van der Waals surface area contributed by atoms with Crippen molar-refractivity contribution in [1.82, 2.24) is 5.32 Å². The maximum atomic E-state index is 5.27. The Morgan fingerprint density at radius 3 is 2.60 bits per heavy atom. The van der Waals surface area contributed by atoms with Crippen LogP contribution in [0.2, 0.25) is 0 Å². The zero-order chi connectivity index (χ0) is 14.5. The van der Waals surface area contributed by atoms with E-state index in [2.05, 4.69) is 56.4 Å². The zero-order valence-electron chi connectivity index (χ0n) is 12.7. The SMILES string of the molecule is COc1cccc([C@H](C)NCc2cccc(C)c2C)c1. The summed E-state index contributed by atoms with van der Waals surface area (Å²) in [5.41, 5.74) is 5.32. The van der Waals surface area contributed by atoms with E-state index < -0.39 is 0 Å². The first-order chi connectivity index (χ1) is 9.61. The number of hydrogen-bond donors (Lipinski definition) is 1. The van der Waals surface area contributed by atoms with Crippen molar-refractivity contribution in [2.24, 2.45) is 0 Å². The van der Waals surface area contributed by atoms with Crippen molar-refractivity contribution >= 4 is 0 Å². The molecule has 2 rings (SSSR count).